The highest BCUT2D eigenvalue weighted by atomic mass is 19.1. The average Bonchev–Trinajstić information content (AvgIpc) is 2.55. The Morgan fingerprint density at radius 2 is 1.86 bits per heavy atom. The highest BCUT2D eigenvalue weighted by Gasteiger charge is 2.06. The van der Waals surface area contributed by atoms with Crippen molar-refractivity contribution in [1.82, 2.24) is 9.97 Å². The summed E-state index contributed by atoms with van der Waals surface area (Å²) in [5, 5.41) is 0. The number of methoxy groups -OCH3 is 1. The van der Waals surface area contributed by atoms with E-state index >= 15 is 0 Å². The Hall–Kier alpha value is -1.97. The van der Waals surface area contributed by atoms with Crippen molar-refractivity contribution in [2.75, 3.05) is 7.11 Å². The van der Waals surface area contributed by atoms with Gasteiger partial charge in [0.25, 0.3) is 0 Å². The summed E-state index contributed by atoms with van der Waals surface area (Å²) in [7, 11) is 1.45. The van der Waals surface area contributed by atoms with Crippen LogP contribution >= 0.6 is 0 Å². The van der Waals surface area contributed by atoms with Gasteiger partial charge in [0, 0.05) is 11.8 Å². The Labute approximate surface area is 131 Å². The van der Waals surface area contributed by atoms with Crippen LogP contribution in [0.3, 0.4) is 0 Å². The van der Waals surface area contributed by atoms with Gasteiger partial charge < -0.3 is 4.74 Å². The van der Waals surface area contributed by atoms with Crippen LogP contribution in [0.5, 0.6) is 5.75 Å². The lowest BCUT2D eigenvalue weighted by Gasteiger charge is -2.06. The van der Waals surface area contributed by atoms with E-state index in [1.165, 1.54) is 38.9 Å². The third kappa shape index (κ3) is 4.52. The maximum absolute atomic E-state index is 13.7. The standard InChI is InChI=1S/C18H23FN2O/c1-3-4-5-6-7-8-15-12-21-17(13-20-15)14-9-10-18(22-2)16(19)11-14/h9-13H,3-8H2,1-2H3. The molecule has 118 valence electrons. The summed E-state index contributed by atoms with van der Waals surface area (Å²) in [4.78, 5) is 8.82. The molecule has 0 N–H and O–H groups in total. The van der Waals surface area contributed by atoms with Crippen molar-refractivity contribution in [1.29, 1.82) is 0 Å². The van der Waals surface area contributed by atoms with Gasteiger partial charge in [-0.25, -0.2) is 4.39 Å². The molecule has 22 heavy (non-hydrogen) atoms. The number of rotatable bonds is 8. The Morgan fingerprint density at radius 3 is 2.50 bits per heavy atom. The molecule has 1 aromatic heterocycles. The number of ether oxygens (including phenoxy) is 1. The first kappa shape index (κ1) is 16.4. The minimum Gasteiger partial charge on any atom is -0.494 e. The van der Waals surface area contributed by atoms with E-state index in [2.05, 4.69) is 16.9 Å². The minimum atomic E-state index is -0.387. The van der Waals surface area contributed by atoms with Crippen LogP contribution in [0.1, 0.15) is 44.7 Å². The van der Waals surface area contributed by atoms with E-state index in [-0.39, 0.29) is 11.6 Å². The van der Waals surface area contributed by atoms with Crippen molar-refractivity contribution in [2.24, 2.45) is 0 Å². The van der Waals surface area contributed by atoms with Crippen LogP contribution in [0, 0.1) is 5.82 Å². The van der Waals surface area contributed by atoms with Gasteiger partial charge in [0.2, 0.25) is 0 Å². The highest BCUT2D eigenvalue weighted by Crippen LogP contribution is 2.23. The van der Waals surface area contributed by atoms with Crippen molar-refractivity contribution in [3.05, 3.63) is 42.1 Å². The largest absolute Gasteiger partial charge is 0.494 e. The second kappa shape index (κ2) is 8.47. The molecule has 2 rings (SSSR count). The summed E-state index contributed by atoms with van der Waals surface area (Å²) in [5.41, 5.74) is 2.38. The van der Waals surface area contributed by atoms with Gasteiger partial charge in [-0.2, -0.15) is 0 Å². The Kier molecular flexibility index (Phi) is 6.31. The quantitative estimate of drug-likeness (QED) is 0.657. The predicted octanol–water partition coefficient (Wildman–Crippen LogP) is 4.80. The highest BCUT2D eigenvalue weighted by molar-refractivity contribution is 5.59. The van der Waals surface area contributed by atoms with Gasteiger partial charge in [-0.15, -0.1) is 0 Å². The second-order valence-corrected chi connectivity index (χ2v) is 5.41. The maximum atomic E-state index is 13.7. The molecule has 0 aliphatic rings. The lowest BCUT2D eigenvalue weighted by atomic mass is 10.1. The van der Waals surface area contributed by atoms with E-state index in [0.717, 1.165) is 18.5 Å². The molecule has 2 aromatic rings. The number of unbranched alkanes of at least 4 members (excludes halogenated alkanes) is 4. The molecule has 0 bridgehead atoms. The van der Waals surface area contributed by atoms with Gasteiger partial charge in [0.05, 0.1) is 24.7 Å². The van der Waals surface area contributed by atoms with Gasteiger partial charge in [0.1, 0.15) is 0 Å². The van der Waals surface area contributed by atoms with Gasteiger partial charge in [-0.3, -0.25) is 9.97 Å². The summed E-state index contributed by atoms with van der Waals surface area (Å²) in [6, 6.07) is 4.82. The molecule has 0 saturated heterocycles. The van der Waals surface area contributed by atoms with Gasteiger partial charge in [-0.05, 0) is 31.0 Å². The summed E-state index contributed by atoms with van der Waals surface area (Å²) in [5.74, 6) is -0.151. The number of benzene rings is 1. The summed E-state index contributed by atoms with van der Waals surface area (Å²) < 4.78 is 18.6. The number of aromatic nitrogens is 2. The number of hydrogen-bond acceptors (Lipinski definition) is 3. The normalized spacial score (nSPS) is 10.7. The van der Waals surface area contributed by atoms with Gasteiger partial charge >= 0.3 is 0 Å². The summed E-state index contributed by atoms with van der Waals surface area (Å²) >= 11 is 0. The topological polar surface area (TPSA) is 35.0 Å². The van der Waals surface area contributed by atoms with Gasteiger partial charge in [-0.1, -0.05) is 32.6 Å². The van der Waals surface area contributed by atoms with Gasteiger partial charge in [0.15, 0.2) is 11.6 Å². The van der Waals surface area contributed by atoms with E-state index in [1.807, 2.05) is 0 Å². The summed E-state index contributed by atoms with van der Waals surface area (Å²) in [6.07, 6.45) is 10.7. The fourth-order valence-corrected chi connectivity index (χ4v) is 2.37. The fourth-order valence-electron chi connectivity index (χ4n) is 2.37. The average molecular weight is 302 g/mol. The zero-order valence-corrected chi connectivity index (χ0v) is 13.3. The monoisotopic (exact) mass is 302 g/mol. The molecule has 4 heteroatoms. The van der Waals surface area contributed by atoms with Crippen LogP contribution in [-0.4, -0.2) is 17.1 Å². The minimum absolute atomic E-state index is 0.236. The van der Waals surface area contributed by atoms with E-state index in [9.17, 15) is 4.39 Å². The molecule has 1 aromatic carbocycles. The van der Waals surface area contributed by atoms with Crippen molar-refractivity contribution in [3.8, 4) is 17.0 Å². The number of hydrogen-bond donors (Lipinski definition) is 0. The molecule has 0 fully saturated rings. The van der Waals surface area contributed by atoms with Crippen LogP contribution in [0.15, 0.2) is 30.6 Å². The molecule has 0 atom stereocenters. The number of aryl methyl sites for hydroxylation is 1. The third-order valence-corrected chi connectivity index (χ3v) is 3.69. The molecule has 0 aliphatic heterocycles. The van der Waals surface area contributed by atoms with Crippen LogP contribution in [0.25, 0.3) is 11.3 Å². The van der Waals surface area contributed by atoms with Crippen LogP contribution < -0.4 is 4.74 Å². The molecule has 0 spiro atoms. The molecule has 0 radical (unpaired) electrons. The Morgan fingerprint density at radius 1 is 1.05 bits per heavy atom. The zero-order valence-electron chi connectivity index (χ0n) is 13.3. The zero-order chi connectivity index (χ0) is 15.8. The van der Waals surface area contributed by atoms with Crippen molar-refractivity contribution in [2.45, 2.75) is 45.4 Å². The fraction of sp³-hybridized carbons (Fsp3) is 0.444. The molecule has 0 unspecified atom stereocenters. The van der Waals surface area contributed by atoms with Crippen LogP contribution in [0.4, 0.5) is 4.39 Å². The van der Waals surface area contributed by atoms with E-state index in [4.69, 9.17) is 4.74 Å². The van der Waals surface area contributed by atoms with E-state index in [1.54, 1.807) is 24.5 Å². The van der Waals surface area contributed by atoms with E-state index in [0.29, 0.717) is 11.3 Å². The third-order valence-electron chi connectivity index (χ3n) is 3.69. The Balaban J connectivity index is 1.95. The molecular formula is C18H23FN2O. The molecule has 0 amide bonds. The first-order valence-electron chi connectivity index (χ1n) is 7.89. The molecule has 0 aliphatic carbocycles. The molecule has 0 saturated carbocycles. The first-order valence-corrected chi connectivity index (χ1v) is 7.89. The van der Waals surface area contributed by atoms with Crippen LogP contribution in [0.2, 0.25) is 0 Å². The summed E-state index contributed by atoms with van der Waals surface area (Å²) in [6.45, 7) is 2.21. The predicted molar refractivity (Wildman–Crippen MR) is 86.4 cm³/mol. The SMILES string of the molecule is CCCCCCCc1cnc(-c2ccc(OC)c(F)c2)cn1. The lowest BCUT2D eigenvalue weighted by molar-refractivity contribution is 0.386. The van der Waals surface area contributed by atoms with Crippen molar-refractivity contribution < 1.29 is 9.13 Å². The van der Waals surface area contributed by atoms with Crippen molar-refractivity contribution in [3.63, 3.8) is 0 Å². The van der Waals surface area contributed by atoms with Crippen molar-refractivity contribution >= 4 is 0 Å². The number of nitrogens with zero attached hydrogens (tertiary/aromatic N) is 2. The van der Waals surface area contributed by atoms with Crippen LogP contribution in [-0.2, 0) is 6.42 Å². The molecule has 3 nitrogen and oxygen atoms in total. The maximum Gasteiger partial charge on any atom is 0.165 e. The first-order chi connectivity index (χ1) is 10.7. The van der Waals surface area contributed by atoms with E-state index < -0.39 is 0 Å². The number of halogens is 1. The Bertz CT molecular complexity index is 584. The smallest absolute Gasteiger partial charge is 0.165 e. The molecular weight excluding hydrogens is 279 g/mol. The lowest BCUT2D eigenvalue weighted by Crippen LogP contribution is -1.95. The molecule has 1 heterocycles. The second-order valence-electron chi connectivity index (χ2n) is 5.41.